The highest BCUT2D eigenvalue weighted by atomic mass is 19.1. The van der Waals surface area contributed by atoms with E-state index in [1.807, 2.05) is 0 Å². The maximum atomic E-state index is 13.3. The first kappa shape index (κ1) is 15.5. The van der Waals surface area contributed by atoms with Gasteiger partial charge in [0.05, 0.1) is 5.71 Å². The third kappa shape index (κ3) is 3.60. The summed E-state index contributed by atoms with van der Waals surface area (Å²) < 4.78 is 13.3. The molecular formula is C16H16FN3O2. The average molecular weight is 301 g/mol. The molecular weight excluding hydrogens is 285 g/mol. The molecule has 6 heteroatoms. The maximum absolute atomic E-state index is 13.3. The lowest BCUT2D eigenvalue weighted by molar-refractivity contribution is 0.0955. The summed E-state index contributed by atoms with van der Waals surface area (Å²) in [4.78, 5) is 12.0. The van der Waals surface area contributed by atoms with Gasteiger partial charge in [-0.05, 0) is 48.9 Å². The molecule has 22 heavy (non-hydrogen) atoms. The number of nitrogens with one attached hydrogen (secondary N) is 1. The SMILES string of the molecule is CC/C(=N\NC(=O)c1ccc(N)cc1)c1cc(F)ccc1O. The lowest BCUT2D eigenvalue weighted by Gasteiger charge is -2.07. The number of hydrogen-bond acceptors (Lipinski definition) is 4. The molecule has 0 aliphatic carbocycles. The summed E-state index contributed by atoms with van der Waals surface area (Å²) in [5, 5.41) is 13.7. The number of hydrazone groups is 1. The normalized spacial score (nSPS) is 11.3. The quantitative estimate of drug-likeness (QED) is 0.461. The first-order chi connectivity index (χ1) is 10.5. The van der Waals surface area contributed by atoms with Crippen molar-refractivity contribution < 1.29 is 14.3 Å². The van der Waals surface area contributed by atoms with Crippen molar-refractivity contribution in [2.75, 3.05) is 5.73 Å². The van der Waals surface area contributed by atoms with Gasteiger partial charge in [0, 0.05) is 16.8 Å². The van der Waals surface area contributed by atoms with Crippen LogP contribution >= 0.6 is 0 Å². The number of halogens is 1. The van der Waals surface area contributed by atoms with Crippen LogP contribution in [0.3, 0.4) is 0 Å². The Bertz CT molecular complexity index is 712. The van der Waals surface area contributed by atoms with Gasteiger partial charge in [-0.15, -0.1) is 0 Å². The Morgan fingerprint density at radius 2 is 1.95 bits per heavy atom. The van der Waals surface area contributed by atoms with Crippen LogP contribution in [0.5, 0.6) is 5.75 Å². The van der Waals surface area contributed by atoms with Crippen LogP contribution in [0.4, 0.5) is 10.1 Å². The van der Waals surface area contributed by atoms with Gasteiger partial charge in [0.2, 0.25) is 0 Å². The molecule has 0 aromatic heterocycles. The van der Waals surface area contributed by atoms with Crippen LogP contribution in [0, 0.1) is 5.82 Å². The molecule has 0 unspecified atom stereocenters. The average Bonchev–Trinajstić information content (AvgIpc) is 2.51. The summed E-state index contributed by atoms with van der Waals surface area (Å²) in [7, 11) is 0. The smallest absolute Gasteiger partial charge is 0.271 e. The zero-order valence-corrected chi connectivity index (χ0v) is 12.0. The standard InChI is InChI=1S/C16H16FN3O2/c1-2-14(13-9-11(17)5-8-15(13)21)19-20-16(22)10-3-6-12(18)7-4-10/h3-9,21H,2,18H2,1H3,(H,20,22)/b19-14+. The number of aromatic hydroxyl groups is 1. The number of carbonyl (C=O) groups excluding carboxylic acids is 1. The first-order valence-corrected chi connectivity index (χ1v) is 6.72. The van der Waals surface area contributed by atoms with Gasteiger partial charge in [0.15, 0.2) is 0 Å². The number of phenols is 1. The highest BCUT2D eigenvalue weighted by Crippen LogP contribution is 2.20. The fraction of sp³-hybridized carbons (Fsp3) is 0.125. The minimum atomic E-state index is -0.487. The molecule has 2 rings (SSSR count). The molecule has 0 atom stereocenters. The number of hydrogen-bond donors (Lipinski definition) is 3. The van der Waals surface area contributed by atoms with Gasteiger partial charge in [0.25, 0.3) is 5.91 Å². The van der Waals surface area contributed by atoms with Crippen LogP contribution in [0.1, 0.15) is 29.3 Å². The van der Waals surface area contributed by atoms with E-state index in [0.29, 0.717) is 23.4 Å². The summed E-state index contributed by atoms with van der Waals surface area (Å²) in [6, 6.07) is 9.94. The summed E-state index contributed by atoms with van der Waals surface area (Å²) in [5.41, 5.74) is 9.52. The number of benzene rings is 2. The largest absolute Gasteiger partial charge is 0.507 e. The van der Waals surface area contributed by atoms with Crippen molar-refractivity contribution in [3.8, 4) is 5.75 Å². The first-order valence-electron chi connectivity index (χ1n) is 6.72. The van der Waals surface area contributed by atoms with Crippen LogP contribution in [0.2, 0.25) is 0 Å². The van der Waals surface area contributed by atoms with Crippen molar-refractivity contribution in [3.63, 3.8) is 0 Å². The predicted octanol–water partition coefficient (Wildman–Crippen LogP) is 2.66. The van der Waals surface area contributed by atoms with Gasteiger partial charge >= 0.3 is 0 Å². The second kappa shape index (κ2) is 6.71. The topological polar surface area (TPSA) is 87.7 Å². The van der Waals surface area contributed by atoms with E-state index in [2.05, 4.69) is 10.5 Å². The molecule has 5 nitrogen and oxygen atoms in total. The van der Waals surface area contributed by atoms with Crippen molar-refractivity contribution >= 4 is 17.3 Å². The number of nitrogens with two attached hydrogens (primary N) is 1. The molecule has 0 heterocycles. The number of nitrogens with zero attached hydrogens (tertiary/aromatic N) is 1. The molecule has 1 amide bonds. The number of rotatable bonds is 4. The second-order valence-electron chi connectivity index (χ2n) is 4.64. The van der Waals surface area contributed by atoms with E-state index in [1.165, 1.54) is 12.1 Å². The molecule has 0 spiro atoms. The highest BCUT2D eigenvalue weighted by molar-refractivity contribution is 6.04. The van der Waals surface area contributed by atoms with Gasteiger partial charge in [-0.2, -0.15) is 5.10 Å². The van der Waals surface area contributed by atoms with Crippen LogP contribution in [-0.2, 0) is 0 Å². The van der Waals surface area contributed by atoms with Crippen molar-refractivity contribution in [3.05, 3.63) is 59.4 Å². The van der Waals surface area contributed by atoms with E-state index in [4.69, 9.17) is 5.73 Å². The van der Waals surface area contributed by atoms with Crippen molar-refractivity contribution in [1.82, 2.24) is 5.43 Å². The van der Waals surface area contributed by atoms with Gasteiger partial charge in [-0.25, -0.2) is 9.82 Å². The van der Waals surface area contributed by atoms with Crippen LogP contribution < -0.4 is 11.2 Å². The minimum Gasteiger partial charge on any atom is -0.507 e. The monoisotopic (exact) mass is 301 g/mol. The third-order valence-corrected chi connectivity index (χ3v) is 3.07. The molecule has 2 aromatic rings. The van der Waals surface area contributed by atoms with Crippen molar-refractivity contribution in [2.45, 2.75) is 13.3 Å². The molecule has 0 radical (unpaired) electrons. The van der Waals surface area contributed by atoms with Crippen LogP contribution in [0.25, 0.3) is 0 Å². The molecule has 4 N–H and O–H groups in total. The summed E-state index contributed by atoms with van der Waals surface area (Å²) in [6.45, 7) is 1.79. The highest BCUT2D eigenvalue weighted by Gasteiger charge is 2.10. The van der Waals surface area contributed by atoms with Gasteiger partial charge in [-0.1, -0.05) is 6.92 Å². The van der Waals surface area contributed by atoms with E-state index in [0.717, 1.165) is 6.07 Å². The van der Waals surface area contributed by atoms with Crippen LogP contribution in [0.15, 0.2) is 47.6 Å². The predicted molar refractivity (Wildman–Crippen MR) is 83.2 cm³/mol. The Morgan fingerprint density at radius 1 is 1.27 bits per heavy atom. The second-order valence-corrected chi connectivity index (χ2v) is 4.64. The molecule has 0 saturated heterocycles. The molecule has 114 valence electrons. The fourth-order valence-electron chi connectivity index (χ4n) is 1.89. The zero-order valence-electron chi connectivity index (χ0n) is 12.0. The lowest BCUT2D eigenvalue weighted by atomic mass is 10.1. The summed E-state index contributed by atoms with van der Waals surface area (Å²) >= 11 is 0. The fourth-order valence-corrected chi connectivity index (χ4v) is 1.89. The van der Waals surface area contributed by atoms with E-state index in [9.17, 15) is 14.3 Å². The number of carbonyl (C=O) groups is 1. The van der Waals surface area contributed by atoms with E-state index < -0.39 is 11.7 Å². The maximum Gasteiger partial charge on any atom is 0.271 e. The van der Waals surface area contributed by atoms with E-state index in [1.54, 1.807) is 31.2 Å². The Labute approximate surface area is 127 Å². The van der Waals surface area contributed by atoms with Crippen LogP contribution in [-0.4, -0.2) is 16.7 Å². The van der Waals surface area contributed by atoms with Gasteiger partial charge < -0.3 is 10.8 Å². The molecule has 0 aliphatic heterocycles. The minimum absolute atomic E-state index is 0.0938. The van der Waals surface area contributed by atoms with Crippen molar-refractivity contribution in [2.24, 2.45) is 5.10 Å². The number of amides is 1. The molecule has 2 aromatic carbocycles. The molecule has 0 fully saturated rings. The van der Waals surface area contributed by atoms with E-state index >= 15 is 0 Å². The van der Waals surface area contributed by atoms with E-state index in [-0.39, 0.29) is 11.3 Å². The number of nitrogen functional groups attached to an aromatic ring is 1. The number of anilines is 1. The van der Waals surface area contributed by atoms with Gasteiger partial charge in [0.1, 0.15) is 11.6 Å². The summed E-state index contributed by atoms with van der Waals surface area (Å²) in [5.74, 6) is -0.996. The molecule has 0 bridgehead atoms. The molecule has 0 saturated carbocycles. The Hall–Kier alpha value is -2.89. The third-order valence-electron chi connectivity index (χ3n) is 3.07. The molecule has 0 aliphatic rings. The van der Waals surface area contributed by atoms with Gasteiger partial charge in [-0.3, -0.25) is 4.79 Å². The number of phenolic OH excluding ortho intramolecular Hbond substituents is 1. The lowest BCUT2D eigenvalue weighted by Crippen LogP contribution is -2.20. The van der Waals surface area contributed by atoms with Crippen molar-refractivity contribution in [1.29, 1.82) is 0 Å². The summed E-state index contributed by atoms with van der Waals surface area (Å²) in [6.07, 6.45) is 0.416. The Balaban J connectivity index is 2.20. The Kier molecular flexibility index (Phi) is 4.73. The Morgan fingerprint density at radius 3 is 2.59 bits per heavy atom. The zero-order chi connectivity index (χ0) is 16.1.